The maximum absolute atomic E-state index is 12.4. The van der Waals surface area contributed by atoms with E-state index in [0.717, 1.165) is 66.5 Å². The van der Waals surface area contributed by atoms with Crippen LogP contribution in [-0.2, 0) is 11.2 Å². The van der Waals surface area contributed by atoms with Gasteiger partial charge in [-0.2, -0.15) is 0 Å². The lowest BCUT2D eigenvalue weighted by atomic mass is 9.83. The molecule has 2 aliphatic heterocycles. The minimum absolute atomic E-state index is 0.0265. The van der Waals surface area contributed by atoms with Crippen molar-refractivity contribution in [1.29, 1.82) is 0 Å². The van der Waals surface area contributed by atoms with E-state index in [2.05, 4.69) is 39.1 Å². The number of likely N-dealkylation sites (tertiary alicyclic amines) is 1. The summed E-state index contributed by atoms with van der Waals surface area (Å²) in [5, 5.41) is 13.8. The second kappa shape index (κ2) is 11.2. The van der Waals surface area contributed by atoms with Crippen molar-refractivity contribution in [1.82, 2.24) is 10.2 Å². The number of piperidine rings is 1. The van der Waals surface area contributed by atoms with Crippen molar-refractivity contribution in [3.8, 4) is 5.75 Å². The second-order valence-corrected chi connectivity index (χ2v) is 10.7. The van der Waals surface area contributed by atoms with Crippen LogP contribution in [0.2, 0.25) is 0 Å². The fourth-order valence-corrected chi connectivity index (χ4v) is 5.45. The Morgan fingerprint density at radius 2 is 1.94 bits per heavy atom. The van der Waals surface area contributed by atoms with Gasteiger partial charge in [-0.05, 0) is 87.5 Å². The number of carbonyl (C=O) groups is 1. The molecular weight excluding hydrogens is 494 g/mol. The Hall–Kier alpha value is -1.93. The average Bonchev–Trinajstić information content (AvgIpc) is 2.85. The summed E-state index contributed by atoms with van der Waals surface area (Å²) in [6, 6.07) is 11.5. The Balaban J connectivity index is 1.25. The van der Waals surface area contributed by atoms with Crippen LogP contribution in [0.4, 0.5) is 0 Å². The lowest BCUT2D eigenvalue weighted by Crippen LogP contribution is -2.43. The van der Waals surface area contributed by atoms with E-state index in [4.69, 9.17) is 10.5 Å². The standard InChI is InChI=1S/C27H36BrN3O3/c1-17-3-8-22-23(26(17)32)15-24(34-25(22)16-29)19-10-13-31(14-11-19)12-9-18(2)30-27(33)20-4-6-21(28)7-5-20/h3-8,18-19,24-25,32H,9-16,29H2,1-2H3,(H,30,33). The molecule has 6 nitrogen and oxygen atoms in total. The molecule has 184 valence electrons. The van der Waals surface area contributed by atoms with Crippen LogP contribution < -0.4 is 11.1 Å². The first-order valence-electron chi connectivity index (χ1n) is 12.3. The van der Waals surface area contributed by atoms with Crippen molar-refractivity contribution < 1.29 is 14.6 Å². The zero-order chi connectivity index (χ0) is 24.2. The van der Waals surface area contributed by atoms with Crippen LogP contribution in [0.5, 0.6) is 5.75 Å². The van der Waals surface area contributed by atoms with Gasteiger partial charge in [-0.15, -0.1) is 0 Å². The van der Waals surface area contributed by atoms with E-state index in [0.29, 0.717) is 23.8 Å². The van der Waals surface area contributed by atoms with Crippen molar-refractivity contribution in [3.05, 3.63) is 63.1 Å². The van der Waals surface area contributed by atoms with Crippen LogP contribution in [-0.4, -0.2) is 54.2 Å². The largest absolute Gasteiger partial charge is 0.507 e. The SMILES string of the molecule is Cc1ccc2c(c1O)CC(C1CCN(CCC(C)NC(=O)c3ccc(Br)cc3)CC1)OC2CN. The number of rotatable bonds is 7. The van der Waals surface area contributed by atoms with Crippen LogP contribution in [0.15, 0.2) is 40.9 Å². The number of nitrogens with zero attached hydrogens (tertiary/aromatic N) is 1. The topological polar surface area (TPSA) is 87.8 Å². The van der Waals surface area contributed by atoms with Crippen LogP contribution in [0.3, 0.4) is 0 Å². The van der Waals surface area contributed by atoms with Gasteiger partial charge in [0.1, 0.15) is 5.75 Å². The van der Waals surface area contributed by atoms with Crippen LogP contribution >= 0.6 is 15.9 Å². The first-order chi connectivity index (χ1) is 16.4. The first kappa shape index (κ1) is 25.2. The first-order valence-corrected chi connectivity index (χ1v) is 13.1. The molecule has 34 heavy (non-hydrogen) atoms. The van der Waals surface area contributed by atoms with E-state index in [1.807, 2.05) is 37.3 Å². The molecule has 0 bridgehead atoms. The number of halogens is 1. The van der Waals surface area contributed by atoms with Gasteiger partial charge in [0.05, 0.1) is 12.2 Å². The normalized spacial score (nSPS) is 22.2. The van der Waals surface area contributed by atoms with Gasteiger partial charge < -0.3 is 25.8 Å². The molecule has 0 radical (unpaired) electrons. The van der Waals surface area contributed by atoms with Gasteiger partial charge in [0.2, 0.25) is 0 Å². The molecule has 2 aliphatic rings. The molecule has 2 aromatic carbocycles. The minimum atomic E-state index is -0.145. The van der Waals surface area contributed by atoms with Crippen molar-refractivity contribution in [2.45, 2.75) is 57.8 Å². The highest BCUT2D eigenvalue weighted by Gasteiger charge is 2.35. The van der Waals surface area contributed by atoms with Crippen molar-refractivity contribution in [2.75, 3.05) is 26.2 Å². The Kier molecular flexibility index (Phi) is 8.30. The number of aryl methyl sites for hydroxylation is 1. The van der Waals surface area contributed by atoms with Crippen molar-refractivity contribution >= 4 is 21.8 Å². The van der Waals surface area contributed by atoms with E-state index in [9.17, 15) is 9.90 Å². The molecule has 4 rings (SSSR count). The third-order valence-electron chi connectivity index (χ3n) is 7.35. The quantitative estimate of drug-likeness (QED) is 0.496. The smallest absolute Gasteiger partial charge is 0.251 e. The summed E-state index contributed by atoms with van der Waals surface area (Å²) in [5.74, 6) is 0.843. The number of ether oxygens (including phenoxy) is 1. The van der Waals surface area contributed by atoms with Gasteiger partial charge in [-0.25, -0.2) is 0 Å². The molecule has 0 spiro atoms. The highest BCUT2D eigenvalue weighted by Crippen LogP contribution is 2.40. The van der Waals surface area contributed by atoms with E-state index >= 15 is 0 Å². The number of phenols is 1. The molecule has 7 heteroatoms. The van der Waals surface area contributed by atoms with Gasteiger partial charge in [0, 0.05) is 41.2 Å². The number of aromatic hydroxyl groups is 1. The summed E-state index contributed by atoms with van der Waals surface area (Å²) in [6.07, 6.45) is 3.77. The highest BCUT2D eigenvalue weighted by atomic mass is 79.9. The van der Waals surface area contributed by atoms with E-state index in [1.165, 1.54) is 0 Å². The van der Waals surface area contributed by atoms with E-state index in [1.54, 1.807) is 0 Å². The number of hydrogen-bond acceptors (Lipinski definition) is 5. The summed E-state index contributed by atoms with van der Waals surface area (Å²) in [7, 11) is 0. The van der Waals surface area contributed by atoms with E-state index < -0.39 is 0 Å². The number of phenolic OH excluding ortho intramolecular Hbond substituents is 1. The highest BCUT2D eigenvalue weighted by molar-refractivity contribution is 9.10. The molecule has 4 N–H and O–H groups in total. The fraction of sp³-hybridized carbons (Fsp3) is 0.519. The van der Waals surface area contributed by atoms with E-state index in [-0.39, 0.29) is 24.2 Å². The number of carbonyl (C=O) groups excluding carboxylic acids is 1. The lowest BCUT2D eigenvalue weighted by Gasteiger charge is -2.40. The number of hydrogen-bond donors (Lipinski definition) is 3. The number of nitrogens with one attached hydrogen (secondary N) is 1. The lowest BCUT2D eigenvalue weighted by molar-refractivity contribution is -0.0647. The molecule has 0 aromatic heterocycles. The molecule has 1 amide bonds. The van der Waals surface area contributed by atoms with Crippen LogP contribution in [0, 0.1) is 12.8 Å². The summed E-state index contributed by atoms with van der Waals surface area (Å²) in [6.45, 7) is 7.45. The van der Waals surface area contributed by atoms with Crippen molar-refractivity contribution in [2.24, 2.45) is 11.7 Å². The van der Waals surface area contributed by atoms with Gasteiger partial charge in [0.15, 0.2) is 0 Å². The van der Waals surface area contributed by atoms with Gasteiger partial charge in [-0.1, -0.05) is 28.1 Å². The van der Waals surface area contributed by atoms with Gasteiger partial charge in [0.25, 0.3) is 5.91 Å². The molecule has 2 aromatic rings. The second-order valence-electron chi connectivity index (χ2n) is 9.75. The Morgan fingerprint density at radius 1 is 1.24 bits per heavy atom. The molecule has 1 saturated heterocycles. The van der Waals surface area contributed by atoms with Gasteiger partial charge in [-0.3, -0.25) is 4.79 Å². The van der Waals surface area contributed by atoms with Crippen LogP contribution in [0.1, 0.15) is 59.3 Å². The molecule has 3 unspecified atom stereocenters. The average molecular weight is 531 g/mol. The maximum Gasteiger partial charge on any atom is 0.251 e. The summed E-state index contributed by atoms with van der Waals surface area (Å²) < 4.78 is 7.38. The number of fused-ring (bicyclic) bond motifs is 1. The molecule has 3 atom stereocenters. The number of amides is 1. The Morgan fingerprint density at radius 3 is 2.62 bits per heavy atom. The van der Waals surface area contributed by atoms with Crippen molar-refractivity contribution in [3.63, 3.8) is 0 Å². The zero-order valence-corrected chi connectivity index (χ0v) is 21.7. The third-order valence-corrected chi connectivity index (χ3v) is 7.87. The summed E-state index contributed by atoms with van der Waals surface area (Å²) in [4.78, 5) is 14.9. The van der Waals surface area contributed by atoms with Crippen LogP contribution in [0.25, 0.3) is 0 Å². The predicted octanol–water partition coefficient (Wildman–Crippen LogP) is 4.32. The molecule has 0 aliphatic carbocycles. The molecular formula is C27H36BrN3O3. The minimum Gasteiger partial charge on any atom is -0.507 e. The molecule has 2 heterocycles. The zero-order valence-electron chi connectivity index (χ0n) is 20.1. The number of benzene rings is 2. The summed E-state index contributed by atoms with van der Waals surface area (Å²) in [5.41, 5.74) is 9.67. The van der Waals surface area contributed by atoms with Gasteiger partial charge >= 0.3 is 0 Å². The third kappa shape index (κ3) is 5.82. The maximum atomic E-state index is 12.4. The monoisotopic (exact) mass is 529 g/mol. The molecule has 0 saturated carbocycles. The Labute approximate surface area is 211 Å². The number of nitrogens with two attached hydrogens (primary N) is 1. The molecule has 1 fully saturated rings. The predicted molar refractivity (Wildman–Crippen MR) is 138 cm³/mol. The summed E-state index contributed by atoms with van der Waals surface area (Å²) >= 11 is 3.40. The Bertz CT molecular complexity index is 989. The fourth-order valence-electron chi connectivity index (χ4n) is 5.18.